The summed E-state index contributed by atoms with van der Waals surface area (Å²) in [6.45, 7) is 8.72. The lowest BCUT2D eigenvalue weighted by Crippen LogP contribution is -2.13. The molecule has 0 saturated heterocycles. The fourth-order valence-electron chi connectivity index (χ4n) is 2.64. The summed E-state index contributed by atoms with van der Waals surface area (Å²) in [5.41, 5.74) is 0.901. The summed E-state index contributed by atoms with van der Waals surface area (Å²) >= 11 is 0. The van der Waals surface area contributed by atoms with Gasteiger partial charge in [0.2, 0.25) is 0 Å². The molecular formula is C15H20F2N2. The van der Waals surface area contributed by atoms with E-state index in [0.29, 0.717) is 11.4 Å². The van der Waals surface area contributed by atoms with Gasteiger partial charge in [0.15, 0.2) is 5.82 Å². The standard InChI is InChI=1S/C15H20F2N2/c1-9(8-15(2,3)4)5-13-18-12-7-10(16)6-11(17)14(12)19-13/h6-7,9H,5,8H2,1-4H3,(H,18,19). The fraction of sp³-hybridized carbons (Fsp3) is 0.533. The van der Waals surface area contributed by atoms with Gasteiger partial charge in [-0.05, 0) is 23.8 Å². The van der Waals surface area contributed by atoms with Crippen molar-refractivity contribution in [2.45, 2.75) is 40.5 Å². The topological polar surface area (TPSA) is 28.7 Å². The number of imidazole rings is 1. The third-order valence-electron chi connectivity index (χ3n) is 3.06. The largest absolute Gasteiger partial charge is 0.342 e. The average Bonchev–Trinajstić information content (AvgIpc) is 2.56. The summed E-state index contributed by atoms with van der Waals surface area (Å²) in [6.07, 6.45) is 1.80. The second kappa shape index (κ2) is 4.91. The Balaban J connectivity index is 2.20. The zero-order chi connectivity index (χ0) is 14.2. The van der Waals surface area contributed by atoms with Crippen LogP contribution in [-0.4, -0.2) is 9.97 Å². The number of nitrogens with one attached hydrogen (secondary N) is 1. The van der Waals surface area contributed by atoms with Crippen LogP contribution in [0.3, 0.4) is 0 Å². The van der Waals surface area contributed by atoms with Gasteiger partial charge in [0, 0.05) is 12.5 Å². The van der Waals surface area contributed by atoms with Gasteiger partial charge in [-0.15, -0.1) is 0 Å². The number of nitrogens with zero attached hydrogens (tertiary/aromatic N) is 1. The second-order valence-electron chi connectivity index (χ2n) is 6.54. The van der Waals surface area contributed by atoms with Crippen LogP contribution in [0.25, 0.3) is 11.0 Å². The number of fused-ring (bicyclic) bond motifs is 1. The molecule has 4 heteroatoms. The van der Waals surface area contributed by atoms with E-state index < -0.39 is 11.6 Å². The lowest BCUT2D eigenvalue weighted by Gasteiger charge is -2.22. The molecule has 1 aromatic carbocycles. The maximum Gasteiger partial charge on any atom is 0.153 e. The minimum atomic E-state index is -0.610. The molecule has 1 atom stereocenters. The number of hydrogen-bond donors (Lipinski definition) is 1. The number of halogens is 2. The molecule has 0 aliphatic carbocycles. The first-order valence-electron chi connectivity index (χ1n) is 6.58. The van der Waals surface area contributed by atoms with Crippen molar-refractivity contribution in [1.82, 2.24) is 9.97 Å². The van der Waals surface area contributed by atoms with E-state index in [1.54, 1.807) is 0 Å². The lowest BCUT2D eigenvalue weighted by atomic mass is 9.84. The monoisotopic (exact) mass is 266 g/mol. The number of hydrogen-bond acceptors (Lipinski definition) is 1. The highest BCUT2D eigenvalue weighted by Crippen LogP contribution is 2.26. The number of H-pyrrole nitrogens is 1. The summed E-state index contributed by atoms with van der Waals surface area (Å²) in [5, 5.41) is 0. The van der Waals surface area contributed by atoms with Crippen LogP contribution < -0.4 is 0 Å². The molecule has 2 nitrogen and oxygen atoms in total. The van der Waals surface area contributed by atoms with Gasteiger partial charge in [-0.2, -0.15) is 0 Å². The van der Waals surface area contributed by atoms with Crippen molar-refractivity contribution in [2.24, 2.45) is 11.3 Å². The van der Waals surface area contributed by atoms with Crippen LogP contribution in [0.5, 0.6) is 0 Å². The molecule has 0 fully saturated rings. The van der Waals surface area contributed by atoms with Crippen molar-refractivity contribution in [1.29, 1.82) is 0 Å². The molecule has 1 N–H and O–H groups in total. The SMILES string of the molecule is CC(Cc1nc2c(F)cc(F)cc2[nH]1)CC(C)(C)C. The Morgan fingerprint density at radius 3 is 2.58 bits per heavy atom. The van der Waals surface area contributed by atoms with Gasteiger partial charge in [-0.25, -0.2) is 13.8 Å². The highest BCUT2D eigenvalue weighted by Gasteiger charge is 2.17. The first-order chi connectivity index (χ1) is 8.74. The van der Waals surface area contributed by atoms with E-state index in [-0.39, 0.29) is 10.9 Å². The number of aromatic amines is 1. The molecule has 19 heavy (non-hydrogen) atoms. The van der Waals surface area contributed by atoms with Gasteiger partial charge in [0.25, 0.3) is 0 Å². The van der Waals surface area contributed by atoms with E-state index in [0.717, 1.165) is 24.7 Å². The molecule has 2 rings (SSSR count). The van der Waals surface area contributed by atoms with Gasteiger partial charge >= 0.3 is 0 Å². The highest BCUT2D eigenvalue weighted by atomic mass is 19.1. The minimum Gasteiger partial charge on any atom is -0.342 e. The molecule has 0 aliphatic rings. The lowest BCUT2D eigenvalue weighted by molar-refractivity contribution is 0.304. The molecule has 0 aliphatic heterocycles. The van der Waals surface area contributed by atoms with Crippen LogP contribution in [0, 0.1) is 23.0 Å². The molecule has 0 saturated carbocycles. The summed E-state index contributed by atoms with van der Waals surface area (Å²) in [4.78, 5) is 7.23. The van der Waals surface area contributed by atoms with Crippen LogP contribution in [0.15, 0.2) is 12.1 Å². The Morgan fingerprint density at radius 1 is 1.26 bits per heavy atom. The van der Waals surface area contributed by atoms with E-state index >= 15 is 0 Å². The van der Waals surface area contributed by atoms with Crippen molar-refractivity contribution >= 4 is 11.0 Å². The molecule has 1 heterocycles. The quantitative estimate of drug-likeness (QED) is 0.873. The van der Waals surface area contributed by atoms with Gasteiger partial charge in [-0.3, -0.25) is 0 Å². The Bertz CT molecular complexity index is 582. The van der Waals surface area contributed by atoms with Crippen molar-refractivity contribution in [3.05, 3.63) is 29.6 Å². The highest BCUT2D eigenvalue weighted by molar-refractivity contribution is 5.75. The van der Waals surface area contributed by atoms with Gasteiger partial charge in [0.05, 0.1) is 5.52 Å². The summed E-state index contributed by atoms with van der Waals surface area (Å²) in [6, 6.07) is 2.15. The first-order valence-corrected chi connectivity index (χ1v) is 6.58. The zero-order valence-corrected chi connectivity index (χ0v) is 11.8. The molecular weight excluding hydrogens is 246 g/mol. The molecule has 1 aromatic heterocycles. The minimum absolute atomic E-state index is 0.222. The number of aromatic nitrogens is 2. The van der Waals surface area contributed by atoms with Crippen LogP contribution in [-0.2, 0) is 6.42 Å². The van der Waals surface area contributed by atoms with Crippen LogP contribution in [0.2, 0.25) is 0 Å². The van der Waals surface area contributed by atoms with Gasteiger partial charge in [-0.1, -0.05) is 27.7 Å². The Labute approximate surface area is 112 Å². The number of rotatable bonds is 3. The molecule has 0 radical (unpaired) electrons. The molecule has 0 bridgehead atoms. The summed E-state index contributed by atoms with van der Waals surface area (Å²) in [7, 11) is 0. The maximum atomic E-state index is 13.5. The Hall–Kier alpha value is -1.45. The van der Waals surface area contributed by atoms with E-state index in [4.69, 9.17) is 0 Å². The van der Waals surface area contributed by atoms with Gasteiger partial charge in [0.1, 0.15) is 17.2 Å². The first kappa shape index (κ1) is 14.0. The molecule has 2 aromatic rings. The predicted octanol–water partition coefficient (Wildman–Crippen LogP) is 4.46. The average molecular weight is 266 g/mol. The Kier molecular flexibility index (Phi) is 3.61. The number of benzene rings is 1. The molecule has 104 valence electrons. The summed E-state index contributed by atoms with van der Waals surface area (Å²) in [5.74, 6) is -0.0337. The van der Waals surface area contributed by atoms with Crippen molar-refractivity contribution in [2.75, 3.05) is 0 Å². The van der Waals surface area contributed by atoms with E-state index in [1.807, 2.05) is 0 Å². The second-order valence-corrected chi connectivity index (χ2v) is 6.54. The van der Waals surface area contributed by atoms with E-state index in [9.17, 15) is 8.78 Å². The molecule has 1 unspecified atom stereocenters. The smallest absolute Gasteiger partial charge is 0.153 e. The Morgan fingerprint density at radius 2 is 1.95 bits per heavy atom. The normalized spacial score (nSPS) is 14.0. The van der Waals surface area contributed by atoms with E-state index in [2.05, 4.69) is 37.7 Å². The van der Waals surface area contributed by atoms with Gasteiger partial charge < -0.3 is 4.98 Å². The van der Waals surface area contributed by atoms with Crippen molar-refractivity contribution < 1.29 is 8.78 Å². The fourth-order valence-corrected chi connectivity index (χ4v) is 2.64. The molecule has 0 amide bonds. The predicted molar refractivity (Wildman–Crippen MR) is 72.9 cm³/mol. The van der Waals surface area contributed by atoms with Crippen molar-refractivity contribution in [3.63, 3.8) is 0 Å². The zero-order valence-electron chi connectivity index (χ0n) is 11.8. The van der Waals surface area contributed by atoms with E-state index in [1.165, 1.54) is 6.07 Å². The van der Waals surface area contributed by atoms with Crippen LogP contribution >= 0.6 is 0 Å². The third-order valence-corrected chi connectivity index (χ3v) is 3.06. The summed E-state index contributed by atoms with van der Waals surface area (Å²) < 4.78 is 26.7. The maximum absolute atomic E-state index is 13.5. The van der Waals surface area contributed by atoms with Crippen molar-refractivity contribution in [3.8, 4) is 0 Å². The molecule has 0 spiro atoms. The van der Waals surface area contributed by atoms with Crippen LogP contribution in [0.4, 0.5) is 8.78 Å². The van der Waals surface area contributed by atoms with Crippen LogP contribution in [0.1, 0.15) is 39.9 Å². The third kappa shape index (κ3) is 3.52.